The van der Waals surface area contributed by atoms with Crippen molar-refractivity contribution in [1.29, 1.82) is 0 Å². The van der Waals surface area contributed by atoms with Crippen LogP contribution in [0, 0.1) is 6.92 Å². The summed E-state index contributed by atoms with van der Waals surface area (Å²) in [6.45, 7) is 3.05. The number of aryl methyl sites for hydroxylation is 2. The number of aromatic nitrogens is 1. The summed E-state index contributed by atoms with van der Waals surface area (Å²) < 4.78 is 5.13. The minimum absolute atomic E-state index is 0.204. The van der Waals surface area contributed by atoms with Crippen molar-refractivity contribution in [3.05, 3.63) is 78.4 Å². The number of benzene rings is 3. The van der Waals surface area contributed by atoms with Crippen molar-refractivity contribution in [1.82, 2.24) is 9.88 Å². The molecule has 1 amide bonds. The first-order chi connectivity index (χ1) is 17.6. The third-order valence-electron chi connectivity index (χ3n) is 7.16. The van der Waals surface area contributed by atoms with Crippen LogP contribution < -0.4 is 14.2 Å². The molecule has 0 aliphatic heterocycles. The normalized spacial score (nSPS) is 13.6. The van der Waals surface area contributed by atoms with Gasteiger partial charge in [-0.3, -0.25) is 4.79 Å². The topological polar surface area (TPSA) is 54.3 Å². The first-order valence-electron chi connectivity index (χ1n) is 13.0. The second-order valence-electron chi connectivity index (χ2n) is 9.77. The monoisotopic (exact) mass is 546 g/mol. The van der Waals surface area contributed by atoms with Gasteiger partial charge in [-0.15, -0.1) is 0 Å². The van der Waals surface area contributed by atoms with Gasteiger partial charge in [0.15, 0.2) is 0 Å². The van der Waals surface area contributed by atoms with Crippen molar-refractivity contribution < 1.29 is 9.90 Å². The molecule has 0 radical (unpaired) electrons. The SMILES string of the molecule is Cc1c(-c2ccc([Se]c3ccccc3)cc2)n(CCCCCC(=O)NC2CCC2)c2ccc(O)cc12. The molecule has 4 nitrogen and oxygen atoms in total. The number of phenols is 1. The summed E-state index contributed by atoms with van der Waals surface area (Å²) in [5.74, 6) is 0.503. The van der Waals surface area contributed by atoms with E-state index in [2.05, 4.69) is 71.4 Å². The molecule has 186 valence electrons. The van der Waals surface area contributed by atoms with Crippen LogP contribution in [-0.4, -0.2) is 36.6 Å². The first kappa shape index (κ1) is 24.7. The molecule has 1 heterocycles. The van der Waals surface area contributed by atoms with E-state index in [4.69, 9.17) is 0 Å². The van der Waals surface area contributed by atoms with Gasteiger partial charge in [0, 0.05) is 6.04 Å². The molecule has 1 saturated carbocycles. The Morgan fingerprint density at radius 3 is 2.44 bits per heavy atom. The number of carbonyl (C=O) groups is 1. The minimum atomic E-state index is 0.204. The number of phenolic OH excluding ortho intramolecular Hbond substituents is 1. The second kappa shape index (κ2) is 11.4. The number of rotatable bonds is 10. The Balaban J connectivity index is 1.30. The molecule has 4 aromatic rings. The number of nitrogens with one attached hydrogen (secondary N) is 1. The average Bonchev–Trinajstić information content (AvgIpc) is 3.13. The van der Waals surface area contributed by atoms with Crippen molar-refractivity contribution >= 4 is 40.7 Å². The number of amides is 1. The molecular weight excluding hydrogens is 511 g/mol. The van der Waals surface area contributed by atoms with Crippen LogP contribution in [0.5, 0.6) is 5.75 Å². The Morgan fingerprint density at radius 2 is 1.72 bits per heavy atom. The molecule has 0 atom stereocenters. The van der Waals surface area contributed by atoms with Gasteiger partial charge in [-0.05, 0) is 19.3 Å². The van der Waals surface area contributed by atoms with Gasteiger partial charge in [0.1, 0.15) is 0 Å². The van der Waals surface area contributed by atoms with Crippen LogP contribution >= 0.6 is 0 Å². The summed E-state index contributed by atoms with van der Waals surface area (Å²) in [5, 5.41) is 14.4. The van der Waals surface area contributed by atoms with E-state index < -0.39 is 0 Å². The van der Waals surface area contributed by atoms with E-state index in [1.165, 1.54) is 32.2 Å². The van der Waals surface area contributed by atoms with E-state index in [1.54, 1.807) is 6.07 Å². The van der Waals surface area contributed by atoms with Gasteiger partial charge in [-0.2, -0.15) is 0 Å². The number of hydrogen-bond acceptors (Lipinski definition) is 2. The number of nitrogens with zero attached hydrogens (tertiary/aromatic N) is 1. The summed E-state index contributed by atoms with van der Waals surface area (Å²) in [7, 11) is 0. The molecule has 1 fully saturated rings. The quantitative estimate of drug-likeness (QED) is 0.213. The van der Waals surface area contributed by atoms with Crippen LogP contribution in [0.3, 0.4) is 0 Å². The van der Waals surface area contributed by atoms with Crippen molar-refractivity contribution in [3.63, 3.8) is 0 Å². The summed E-state index contributed by atoms with van der Waals surface area (Å²) >= 11 is 0.290. The van der Waals surface area contributed by atoms with Crippen molar-refractivity contribution in [2.45, 2.75) is 64.5 Å². The first-order valence-corrected chi connectivity index (χ1v) is 14.7. The molecule has 3 aromatic carbocycles. The predicted molar refractivity (Wildman–Crippen MR) is 149 cm³/mol. The van der Waals surface area contributed by atoms with Crippen molar-refractivity contribution in [3.8, 4) is 17.0 Å². The second-order valence-corrected chi connectivity index (χ2v) is 12.2. The van der Waals surface area contributed by atoms with Crippen molar-refractivity contribution in [2.75, 3.05) is 0 Å². The number of carbonyl (C=O) groups excluding carboxylic acids is 1. The van der Waals surface area contributed by atoms with E-state index in [0.717, 1.165) is 49.6 Å². The summed E-state index contributed by atoms with van der Waals surface area (Å²) in [6, 6.07) is 25.7. The Kier molecular flexibility index (Phi) is 7.79. The Bertz CT molecular complexity index is 1320. The molecule has 36 heavy (non-hydrogen) atoms. The van der Waals surface area contributed by atoms with Crippen LogP contribution in [0.2, 0.25) is 0 Å². The molecule has 5 rings (SSSR count). The van der Waals surface area contributed by atoms with Crippen molar-refractivity contribution in [2.24, 2.45) is 0 Å². The van der Waals surface area contributed by atoms with Crippen LogP contribution in [-0.2, 0) is 11.3 Å². The molecule has 1 aliphatic carbocycles. The zero-order chi connectivity index (χ0) is 24.9. The van der Waals surface area contributed by atoms with Gasteiger partial charge in [-0.1, -0.05) is 0 Å². The van der Waals surface area contributed by atoms with Gasteiger partial charge in [0.2, 0.25) is 0 Å². The number of hydrogen-bond donors (Lipinski definition) is 2. The standard InChI is InChI=1S/C31H34N2O2Se/c1-22-28-21-25(34)16-19-29(28)33(20-7-3-6-13-30(35)32-24-9-8-10-24)31(22)23-14-17-27(18-15-23)36-26-11-4-2-5-12-26/h2,4-5,11-12,14-19,21,24,34H,3,6-10,13,20H2,1H3,(H,32,35). The fourth-order valence-corrected chi connectivity index (χ4v) is 6.76. The van der Waals surface area contributed by atoms with E-state index in [9.17, 15) is 9.90 Å². The van der Waals surface area contributed by atoms with Crippen LogP contribution in [0.1, 0.15) is 50.5 Å². The van der Waals surface area contributed by atoms with Gasteiger partial charge < -0.3 is 5.32 Å². The summed E-state index contributed by atoms with van der Waals surface area (Å²) in [4.78, 5) is 12.1. The Labute approximate surface area is 219 Å². The zero-order valence-corrected chi connectivity index (χ0v) is 22.6. The van der Waals surface area contributed by atoms with E-state index in [-0.39, 0.29) is 20.9 Å². The van der Waals surface area contributed by atoms with Crippen LogP contribution in [0.4, 0.5) is 0 Å². The maximum absolute atomic E-state index is 12.1. The number of fused-ring (bicyclic) bond motifs is 1. The average molecular weight is 546 g/mol. The van der Waals surface area contributed by atoms with Gasteiger partial charge in [-0.25, -0.2) is 0 Å². The predicted octanol–water partition coefficient (Wildman–Crippen LogP) is 5.21. The third kappa shape index (κ3) is 5.69. The molecule has 0 unspecified atom stereocenters. The van der Waals surface area contributed by atoms with Gasteiger partial charge >= 0.3 is 185 Å². The van der Waals surface area contributed by atoms with Gasteiger partial charge in [0.25, 0.3) is 0 Å². The Morgan fingerprint density at radius 1 is 0.972 bits per heavy atom. The number of unbranched alkanes of at least 4 members (excludes halogenated alkanes) is 2. The maximum atomic E-state index is 12.1. The molecule has 0 spiro atoms. The summed E-state index contributed by atoms with van der Waals surface area (Å²) in [6.07, 6.45) is 7.09. The Hall–Kier alpha value is -3.01. The van der Waals surface area contributed by atoms with Gasteiger partial charge in [0.05, 0.1) is 0 Å². The van der Waals surface area contributed by atoms with E-state index in [1.807, 2.05) is 12.1 Å². The molecule has 0 saturated heterocycles. The fraction of sp³-hybridized carbons (Fsp3) is 0.323. The molecule has 2 N–H and O–H groups in total. The molecule has 1 aliphatic rings. The summed E-state index contributed by atoms with van der Waals surface area (Å²) in [5.41, 5.74) is 4.77. The molecule has 5 heteroatoms. The molecular formula is C31H34N2O2Se. The zero-order valence-electron chi connectivity index (χ0n) is 20.9. The van der Waals surface area contributed by atoms with E-state index >= 15 is 0 Å². The molecule has 1 aromatic heterocycles. The van der Waals surface area contributed by atoms with Crippen LogP contribution in [0.15, 0.2) is 72.8 Å². The van der Waals surface area contributed by atoms with E-state index in [0.29, 0.717) is 18.2 Å². The van der Waals surface area contributed by atoms with Crippen LogP contribution in [0.25, 0.3) is 22.2 Å². The number of aromatic hydroxyl groups is 1. The third-order valence-corrected chi connectivity index (χ3v) is 9.29. The fourth-order valence-electron chi connectivity index (χ4n) is 5.00. The molecule has 0 bridgehead atoms.